The Morgan fingerprint density at radius 1 is 1.07 bits per heavy atom. The molecule has 1 amide bonds. The highest BCUT2D eigenvalue weighted by molar-refractivity contribution is 7.79. The first-order chi connectivity index (χ1) is 20.4. The van der Waals surface area contributed by atoms with Crippen LogP contribution in [0.25, 0.3) is 11.3 Å². The number of rotatable bonds is 13. The highest BCUT2D eigenvalue weighted by Crippen LogP contribution is 2.38. The van der Waals surface area contributed by atoms with Crippen molar-refractivity contribution in [3.63, 3.8) is 0 Å². The Bertz CT molecular complexity index is 1460. The number of amides is 1. The van der Waals surface area contributed by atoms with Crippen LogP contribution < -0.4 is 14.5 Å². The maximum atomic E-state index is 15.0. The van der Waals surface area contributed by atoms with Crippen molar-refractivity contribution >= 4 is 35.0 Å². The van der Waals surface area contributed by atoms with Crippen molar-refractivity contribution in [2.24, 2.45) is 0 Å². The van der Waals surface area contributed by atoms with Gasteiger partial charge in [-0.2, -0.15) is 18.4 Å². The van der Waals surface area contributed by atoms with Crippen molar-refractivity contribution in [1.82, 2.24) is 4.98 Å². The van der Waals surface area contributed by atoms with Crippen LogP contribution in [0.15, 0.2) is 54.7 Å². The number of nitrogens with zero attached hydrogens (tertiary/aromatic N) is 4. The van der Waals surface area contributed by atoms with Crippen molar-refractivity contribution in [1.29, 1.82) is 5.26 Å². The number of ether oxygens (including phenoxy) is 2. The van der Waals surface area contributed by atoms with E-state index < -0.39 is 40.3 Å². The SMILES string of the molecule is CCOCCCCOc1ccc(-c2ccc(N(C=S)C(C)(C)C(=O)N(C)c3ccc(C#N)c(C(F)(F)F)c3F)cn2)cc1. The van der Waals surface area contributed by atoms with E-state index in [4.69, 9.17) is 27.0 Å². The number of aromatic nitrogens is 1. The zero-order valence-electron chi connectivity index (χ0n) is 24.2. The molecule has 0 aliphatic heterocycles. The number of thiocarbonyl (C=S) groups is 1. The summed E-state index contributed by atoms with van der Waals surface area (Å²) in [5.41, 5.74) is -1.55. The van der Waals surface area contributed by atoms with Gasteiger partial charge in [-0.1, -0.05) is 12.2 Å². The third kappa shape index (κ3) is 7.86. The van der Waals surface area contributed by atoms with Crippen molar-refractivity contribution in [3.8, 4) is 23.1 Å². The molecule has 0 spiro atoms. The summed E-state index contributed by atoms with van der Waals surface area (Å²) in [6.07, 6.45) is -1.81. The highest BCUT2D eigenvalue weighted by atomic mass is 32.1. The van der Waals surface area contributed by atoms with Gasteiger partial charge < -0.3 is 19.3 Å². The summed E-state index contributed by atoms with van der Waals surface area (Å²) >= 11 is 5.18. The van der Waals surface area contributed by atoms with Gasteiger partial charge in [0.1, 0.15) is 16.9 Å². The van der Waals surface area contributed by atoms with Gasteiger partial charge in [-0.05, 0) is 82.1 Å². The number of likely N-dealkylation sites (N-methyl/N-ethyl adjacent to an activating group) is 1. The van der Waals surface area contributed by atoms with Crippen LogP contribution in [0.3, 0.4) is 0 Å². The van der Waals surface area contributed by atoms with E-state index in [1.165, 1.54) is 36.5 Å². The molecule has 0 saturated carbocycles. The van der Waals surface area contributed by atoms with Gasteiger partial charge in [0.15, 0.2) is 5.82 Å². The standard InChI is InChI=1S/C31H32F4N4O3S/c1-5-41-16-6-7-17-42-24-12-8-21(9-13-24)25-14-11-23(19-37-25)39(20-43)30(2,3)29(40)38(4)26-15-10-22(18-36)27(28(26)32)31(33,34)35/h8-15,19-20H,5-7,16-17H2,1-4H3. The minimum atomic E-state index is -5.13. The van der Waals surface area contributed by atoms with Crippen molar-refractivity contribution in [3.05, 3.63) is 71.7 Å². The van der Waals surface area contributed by atoms with E-state index in [-0.39, 0.29) is 0 Å². The van der Waals surface area contributed by atoms with E-state index >= 15 is 4.39 Å². The highest BCUT2D eigenvalue weighted by Gasteiger charge is 2.41. The Morgan fingerprint density at radius 2 is 1.74 bits per heavy atom. The predicted molar refractivity (Wildman–Crippen MR) is 161 cm³/mol. The van der Waals surface area contributed by atoms with Crippen LogP contribution in [-0.2, 0) is 15.7 Å². The summed E-state index contributed by atoms with van der Waals surface area (Å²) in [5, 5.41) is 9.04. The molecule has 0 bridgehead atoms. The number of alkyl halides is 3. The second-order valence-electron chi connectivity index (χ2n) is 10.0. The van der Waals surface area contributed by atoms with Crippen LogP contribution in [0.4, 0.5) is 28.9 Å². The number of unbranched alkanes of at least 4 members (excludes halogenated alkanes) is 1. The fraction of sp³-hybridized carbons (Fsp3) is 0.355. The topological polar surface area (TPSA) is 78.7 Å². The fourth-order valence-corrected chi connectivity index (χ4v) is 4.78. The van der Waals surface area contributed by atoms with Crippen molar-refractivity contribution in [2.75, 3.05) is 36.7 Å². The second kappa shape index (κ2) is 14.4. The molecule has 0 unspecified atom stereocenters. The maximum Gasteiger partial charge on any atom is 0.420 e. The molecule has 0 atom stereocenters. The molecule has 3 rings (SSSR count). The molecular formula is C31H32F4N4O3S. The lowest BCUT2D eigenvalue weighted by Crippen LogP contribution is -2.55. The smallest absolute Gasteiger partial charge is 0.420 e. The molecular weight excluding hydrogens is 584 g/mol. The summed E-state index contributed by atoms with van der Waals surface area (Å²) in [6, 6.07) is 14.0. The Morgan fingerprint density at radius 3 is 2.30 bits per heavy atom. The first kappa shape index (κ1) is 33.4. The number of hydrogen-bond donors (Lipinski definition) is 0. The van der Waals surface area contributed by atoms with Crippen molar-refractivity contribution in [2.45, 2.75) is 45.3 Å². The normalized spacial score (nSPS) is 11.5. The molecule has 0 N–H and O–H groups in total. The number of halogens is 4. The zero-order chi connectivity index (χ0) is 31.8. The number of nitriles is 1. The van der Waals surface area contributed by atoms with Gasteiger partial charge in [0.05, 0.1) is 47.0 Å². The van der Waals surface area contributed by atoms with Gasteiger partial charge in [-0.3, -0.25) is 9.78 Å². The molecule has 0 fully saturated rings. The molecule has 0 aliphatic rings. The van der Waals surface area contributed by atoms with Crippen LogP contribution in [0.1, 0.15) is 44.7 Å². The van der Waals surface area contributed by atoms with Gasteiger partial charge in [0.2, 0.25) is 0 Å². The average Bonchev–Trinajstić information content (AvgIpc) is 2.98. The molecule has 7 nitrogen and oxygen atoms in total. The molecule has 0 radical (unpaired) electrons. The molecule has 3 aromatic rings. The molecule has 1 aromatic heterocycles. The van der Waals surface area contributed by atoms with Crippen LogP contribution in [0.2, 0.25) is 0 Å². The molecule has 228 valence electrons. The number of hydrogen-bond acceptors (Lipinski definition) is 6. The van der Waals surface area contributed by atoms with E-state index in [9.17, 15) is 18.0 Å². The van der Waals surface area contributed by atoms with Gasteiger partial charge >= 0.3 is 6.18 Å². The third-order valence-electron chi connectivity index (χ3n) is 6.75. The molecule has 12 heteroatoms. The fourth-order valence-electron chi connectivity index (χ4n) is 4.39. The number of carbonyl (C=O) groups excluding carboxylic acids is 1. The van der Waals surface area contributed by atoms with Crippen molar-refractivity contribution < 1.29 is 31.8 Å². The van der Waals surface area contributed by atoms with E-state index in [2.05, 4.69) is 4.98 Å². The first-order valence-electron chi connectivity index (χ1n) is 13.5. The summed E-state index contributed by atoms with van der Waals surface area (Å²) in [4.78, 5) is 20.2. The van der Waals surface area contributed by atoms with Crippen LogP contribution in [-0.4, -0.2) is 48.8 Å². The second-order valence-corrected chi connectivity index (χ2v) is 10.2. The lowest BCUT2D eigenvalue weighted by Gasteiger charge is -2.38. The van der Waals surface area contributed by atoms with Gasteiger partial charge in [-0.15, -0.1) is 0 Å². The Kier molecular flexibility index (Phi) is 11.2. The minimum Gasteiger partial charge on any atom is -0.494 e. The number of pyridine rings is 1. The van der Waals surface area contributed by atoms with Gasteiger partial charge in [-0.25, -0.2) is 4.39 Å². The van der Waals surface area contributed by atoms with Gasteiger partial charge in [0, 0.05) is 25.8 Å². The number of benzene rings is 2. The van der Waals surface area contributed by atoms with Crippen LogP contribution in [0, 0.1) is 17.1 Å². The van der Waals surface area contributed by atoms with Crippen LogP contribution >= 0.6 is 12.2 Å². The van der Waals surface area contributed by atoms with E-state index in [1.54, 1.807) is 12.1 Å². The number of carbonyl (C=O) groups is 1. The van der Waals surface area contributed by atoms with E-state index in [0.717, 1.165) is 48.2 Å². The summed E-state index contributed by atoms with van der Waals surface area (Å²) < 4.78 is 66.7. The Hall–Kier alpha value is -4.08. The van der Waals surface area contributed by atoms with Crippen LogP contribution in [0.5, 0.6) is 5.75 Å². The lowest BCUT2D eigenvalue weighted by atomic mass is 9.99. The lowest BCUT2D eigenvalue weighted by molar-refractivity contribution is -0.140. The molecule has 0 aliphatic carbocycles. The zero-order valence-corrected chi connectivity index (χ0v) is 25.1. The third-order valence-corrected chi connectivity index (χ3v) is 6.97. The van der Waals surface area contributed by atoms with E-state index in [1.807, 2.05) is 31.2 Å². The molecule has 43 heavy (non-hydrogen) atoms. The molecule has 1 heterocycles. The Balaban J connectivity index is 1.76. The average molecular weight is 617 g/mol. The largest absolute Gasteiger partial charge is 0.494 e. The first-order valence-corrected chi connectivity index (χ1v) is 13.9. The minimum absolute atomic E-state index is 0.439. The maximum absolute atomic E-state index is 15.0. The predicted octanol–water partition coefficient (Wildman–Crippen LogP) is 7.18. The summed E-state index contributed by atoms with van der Waals surface area (Å²) in [7, 11) is 1.16. The quantitative estimate of drug-likeness (QED) is 0.114. The summed E-state index contributed by atoms with van der Waals surface area (Å²) in [5.74, 6) is -1.73. The monoisotopic (exact) mass is 616 g/mol. The molecule has 0 saturated heterocycles. The van der Waals surface area contributed by atoms with E-state index in [0.29, 0.717) is 31.2 Å². The Labute approximate surface area is 253 Å². The summed E-state index contributed by atoms with van der Waals surface area (Å²) in [6.45, 7) is 6.96. The van der Waals surface area contributed by atoms with Gasteiger partial charge in [0.25, 0.3) is 5.91 Å². The molecule has 2 aromatic carbocycles. The number of anilines is 2.